The minimum Gasteiger partial charge on any atom is -0.360 e. The van der Waals surface area contributed by atoms with Crippen LogP contribution in [0, 0.1) is 12.1 Å². The van der Waals surface area contributed by atoms with Gasteiger partial charge in [-0.2, -0.15) is 0 Å². The average Bonchev–Trinajstić information content (AvgIpc) is 3.26. The second-order valence-corrected chi connectivity index (χ2v) is 8.31. The van der Waals surface area contributed by atoms with E-state index < -0.39 is 0 Å². The van der Waals surface area contributed by atoms with E-state index in [9.17, 15) is 0 Å². The van der Waals surface area contributed by atoms with Crippen LogP contribution in [-0.4, -0.2) is 14.5 Å². The first kappa shape index (κ1) is 23.8. The maximum atomic E-state index is 4.85. The molecule has 1 aliphatic heterocycles. The van der Waals surface area contributed by atoms with E-state index in [0.29, 0.717) is 5.92 Å². The minimum absolute atomic E-state index is 0. The summed E-state index contributed by atoms with van der Waals surface area (Å²) in [5.74, 6) is 1.53. The summed E-state index contributed by atoms with van der Waals surface area (Å²) in [7, 11) is 0. The molecule has 4 heteroatoms. The van der Waals surface area contributed by atoms with Crippen molar-refractivity contribution in [2.45, 2.75) is 26.3 Å². The van der Waals surface area contributed by atoms with Crippen LogP contribution in [0.1, 0.15) is 30.9 Å². The van der Waals surface area contributed by atoms with Crippen molar-refractivity contribution in [2.75, 3.05) is 0 Å². The molecule has 0 amide bonds. The molecule has 0 N–H and O–H groups in total. The molecule has 3 aromatic carbocycles. The monoisotopic (exact) mass is 620 g/mol. The van der Waals surface area contributed by atoms with Crippen molar-refractivity contribution >= 4 is 17.1 Å². The molecule has 171 valence electrons. The molecule has 6 rings (SSSR count). The fourth-order valence-electron chi connectivity index (χ4n) is 4.21. The largest absolute Gasteiger partial charge is 0.360 e. The van der Waals surface area contributed by atoms with Crippen LogP contribution in [0.25, 0.3) is 39.8 Å². The maximum absolute atomic E-state index is 4.85. The summed E-state index contributed by atoms with van der Waals surface area (Å²) in [6.45, 7) is 5.36. The van der Waals surface area contributed by atoms with Crippen LogP contribution in [0.4, 0.5) is 0 Å². The van der Waals surface area contributed by atoms with Crippen molar-refractivity contribution in [1.82, 2.24) is 14.5 Å². The smallest absolute Gasteiger partial charge is 0.0777 e. The Bertz CT molecular complexity index is 1350. The molecule has 0 saturated carbocycles. The van der Waals surface area contributed by atoms with E-state index in [4.69, 9.17) is 4.98 Å². The first-order valence-corrected chi connectivity index (χ1v) is 11.3. The van der Waals surface area contributed by atoms with Crippen LogP contribution in [0.15, 0.2) is 91.1 Å². The van der Waals surface area contributed by atoms with E-state index in [1.54, 1.807) is 6.20 Å². The summed E-state index contributed by atoms with van der Waals surface area (Å²) in [4.78, 5) is 9.06. The molecule has 0 bridgehead atoms. The second-order valence-electron chi connectivity index (χ2n) is 8.31. The summed E-state index contributed by atoms with van der Waals surface area (Å²) in [6, 6.07) is 32.5. The van der Waals surface area contributed by atoms with Crippen molar-refractivity contribution in [3.63, 3.8) is 0 Å². The molecule has 0 spiro atoms. The van der Waals surface area contributed by atoms with Gasteiger partial charge in [-0.3, -0.25) is 4.98 Å². The number of benzene rings is 3. The van der Waals surface area contributed by atoms with E-state index in [0.717, 1.165) is 34.7 Å². The molecular formula is C30H25IrN3-2. The third kappa shape index (κ3) is 4.79. The van der Waals surface area contributed by atoms with Crippen LogP contribution in [-0.2, 0) is 26.7 Å². The number of imidazole rings is 1. The Labute approximate surface area is 214 Å². The van der Waals surface area contributed by atoms with Gasteiger partial charge in [-0.1, -0.05) is 44.2 Å². The molecule has 5 aromatic rings. The minimum atomic E-state index is 0. The van der Waals surface area contributed by atoms with Crippen molar-refractivity contribution in [3.8, 4) is 22.6 Å². The Kier molecular flexibility index (Phi) is 7.52. The zero-order chi connectivity index (χ0) is 22.6. The average molecular weight is 620 g/mol. The number of hydrogen-bond donors (Lipinski definition) is 0. The number of aromatic nitrogens is 3. The molecular weight excluding hydrogens is 595 g/mol. The van der Waals surface area contributed by atoms with Crippen LogP contribution in [0.5, 0.6) is 0 Å². The third-order valence-electron chi connectivity index (χ3n) is 5.78. The number of hydrogen-bond acceptors (Lipinski definition) is 2. The van der Waals surface area contributed by atoms with Crippen molar-refractivity contribution in [2.24, 2.45) is 0 Å². The number of pyridine rings is 1. The maximum Gasteiger partial charge on any atom is 0.0777 e. The van der Waals surface area contributed by atoms with E-state index in [2.05, 4.69) is 65.9 Å². The molecule has 3 heterocycles. The van der Waals surface area contributed by atoms with Crippen LogP contribution < -0.4 is 0 Å². The number of rotatable bonds is 3. The van der Waals surface area contributed by atoms with E-state index in [-0.39, 0.29) is 20.1 Å². The summed E-state index contributed by atoms with van der Waals surface area (Å²) >= 11 is 0. The van der Waals surface area contributed by atoms with Gasteiger partial charge in [0.05, 0.1) is 16.9 Å². The first-order chi connectivity index (χ1) is 16.2. The van der Waals surface area contributed by atoms with Gasteiger partial charge in [0.1, 0.15) is 0 Å². The molecule has 34 heavy (non-hydrogen) atoms. The molecule has 0 aliphatic carbocycles. The number of allylic oxidation sites excluding steroid dienone is 1. The third-order valence-corrected chi connectivity index (χ3v) is 5.78. The number of nitrogens with zero attached hydrogens (tertiary/aromatic N) is 3. The van der Waals surface area contributed by atoms with Crippen LogP contribution in [0.2, 0.25) is 0 Å². The van der Waals surface area contributed by atoms with Crippen LogP contribution in [0.3, 0.4) is 0 Å². The van der Waals surface area contributed by atoms with E-state index >= 15 is 0 Å². The summed E-state index contributed by atoms with van der Waals surface area (Å²) < 4.78 is 2.31. The van der Waals surface area contributed by atoms with Gasteiger partial charge in [-0.15, -0.1) is 71.8 Å². The summed E-state index contributed by atoms with van der Waals surface area (Å²) in [5, 5.41) is 0. The second kappa shape index (κ2) is 10.7. The fourth-order valence-corrected chi connectivity index (χ4v) is 4.21. The Morgan fingerprint density at radius 2 is 1.59 bits per heavy atom. The van der Waals surface area contributed by atoms with Gasteiger partial charge >= 0.3 is 0 Å². The Balaban J connectivity index is 0.000000180. The molecule has 0 unspecified atom stereocenters. The first-order valence-electron chi connectivity index (χ1n) is 11.3. The molecule has 3 nitrogen and oxygen atoms in total. The molecule has 0 saturated heterocycles. The van der Waals surface area contributed by atoms with E-state index in [1.165, 1.54) is 16.6 Å². The zero-order valence-electron chi connectivity index (χ0n) is 19.2. The van der Waals surface area contributed by atoms with Gasteiger partial charge in [0, 0.05) is 38.4 Å². The van der Waals surface area contributed by atoms with Gasteiger partial charge in [0.15, 0.2) is 0 Å². The zero-order valence-corrected chi connectivity index (χ0v) is 21.6. The van der Waals surface area contributed by atoms with Gasteiger partial charge in [0.25, 0.3) is 0 Å². The molecule has 0 fully saturated rings. The Morgan fingerprint density at radius 3 is 2.24 bits per heavy atom. The molecule has 1 aliphatic rings. The predicted molar refractivity (Wildman–Crippen MR) is 136 cm³/mol. The summed E-state index contributed by atoms with van der Waals surface area (Å²) in [5.41, 5.74) is 8.12. The van der Waals surface area contributed by atoms with Crippen molar-refractivity contribution < 1.29 is 20.1 Å². The summed E-state index contributed by atoms with van der Waals surface area (Å²) in [6.07, 6.45) is 6.26. The Hall–Kier alpha value is -3.33. The van der Waals surface area contributed by atoms with Gasteiger partial charge in [-0.05, 0) is 29.3 Å². The normalized spacial score (nSPS) is 11.6. The van der Waals surface area contributed by atoms with E-state index in [1.807, 2.05) is 60.7 Å². The SMILES string of the molecule is CC(C)c1ccc2nc(-c3[c-]cccc3)n3c2c1C=CC3.[Ir].[c-]1ccccc1-c1ccccn1. The predicted octanol–water partition coefficient (Wildman–Crippen LogP) is 7.20. The molecule has 0 atom stereocenters. The standard InChI is InChI=1S/C19H17N2.C11H8N.Ir/c1-13(2)15-10-11-17-18-16(15)9-6-12-21(18)19(20-17)14-7-4-3-5-8-14;1-2-6-10(7-3-1)11-8-4-5-9-12-11;/h3-7,9-11,13H,12H2,1-2H3;1-6,8-9H;/q2*-1;. The van der Waals surface area contributed by atoms with Gasteiger partial charge in [0.2, 0.25) is 0 Å². The van der Waals surface area contributed by atoms with Crippen molar-refractivity contribution in [1.29, 1.82) is 0 Å². The van der Waals surface area contributed by atoms with Crippen molar-refractivity contribution in [3.05, 3.63) is 114 Å². The molecule has 1 radical (unpaired) electrons. The van der Waals surface area contributed by atoms with Gasteiger partial charge < -0.3 is 9.55 Å². The topological polar surface area (TPSA) is 30.7 Å². The fraction of sp³-hybridized carbons (Fsp3) is 0.133. The van der Waals surface area contributed by atoms with Crippen LogP contribution >= 0.6 is 0 Å². The molecule has 2 aromatic heterocycles. The Morgan fingerprint density at radius 1 is 0.853 bits per heavy atom. The quantitative estimate of drug-likeness (QED) is 0.200. The van der Waals surface area contributed by atoms with Gasteiger partial charge in [-0.25, -0.2) is 0 Å².